The number of hydrazine groups is 1. The van der Waals surface area contributed by atoms with Crippen molar-refractivity contribution in [3.8, 4) is 0 Å². The van der Waals surface area contributed by atoms with E-state index >= 15 is 0 Å². The molecule has 2 amide bonds. The van der Waals surface area contributed by atoms with Crippen molar-refractivity contribution in [3.05, 3.63) is 28.7 Å². The van der Waals surface area contributed by atoms with Crippen molar-refractivity contribution in [1.29, 1.82) is 0 Å². The van der Waals surface area contributed by atoms with E-state index in [-0.39, 0.29) is 12.1 Å². The fourth-order valence-electron chi connectivity index (χ4n) is 1.03. The highest BCUT2D eigenvalue weighted by molar-refractivity contribution is 5.80. The van der Waals surface area contributed by atoms with Gasteiger partial charge in [-0.2, -0.15) is 0 Å². The van der Waals surface area contributed by atoms with Crippen LogP contribution >= 0.6 is 0 Å². The highest BCUT2D eigenvalue weighted by Crippen LogP contribution is 1.95. The highest BCUT2D eigenvalue weighted by Gasteiger charge is 2.04. The van der Waals surface area contributed by atoms with Gasteiger partial charge in [0.1, 0.15) is 6.54 Å². The zero-order chi connectivity index (χ0) is 12.1. The molecular formula is C9H12N4O3. The molecule has 0 saturated carbocycles. The van der Waals surface area contributed by atoms with Crippen molar-refractivity contribution in [2.45, 2.75) is 13.5 Å². The van der Waals surface area contributed by atoms with Crippen LogP contribution in [-0.2, 0) is 16.1 Å². The van der Waals surface area contributed by atoms with E-state index in [9.17, 15) is 14.4 Å². The van der Waals surface area contributed by atoms with E-state index in [1.165, 1.54) is 25.3 Å². The number of hydrogen-bond acceptors (Lipinski definition) is 4. The van der Waals surface area contributed by atoms with Gasteiger partial charge in [-0.05, 0) is 6.07 Å². The van der Waals surface area contributed by atoms with Crippen molar-refractivity contribution in [1.82, 2.24) is 15.4 Å². The number of nitrogens with zero attached hydrogens (tertiary/aromatic N) is 1. The summed E-state index contributed by atoms with van der Waals surface area (Å²) in [5, 5.41) is 0. The van der Waals surface area contributed by atoms with E-state index in [4.69, 9.17) is 5.73 Å². The van der Waals surface area contributed by atoms with Crippen LogP contribution in [0.3, 0.4) is 0 Å². The van der Waals surface area contributed by atoms with Crippen LogP contribution in [0.2, 0.25) is 0 Å². The van der Waals surface area contributed by atoms with Gasteiger partial charge in [-0.15, -0.1) is 0 Å². The predicted molar refractivity (Wildman–Crippen MR) is 57.1 cm³/mol. The minimum atomic E-state index is -0.511. The summed E-state index contributed by atoms with van der Waals surface area (Å²) in [6, 6.07) is 2.71. The van der Waals surface area contributed by atoms with Crippen molar-refractivity contribution in [3.63, 3.8) is 0 Å². The molecule has 7 heteroatoms. The zero-order valence-electron chi connectivity index (χ0n) is 8.69. The number of carbonyl (C=O) groups is 2. The number of nitrogens with two attached hydrogens (primary N) is 1. The molecule has 7 nitrogen and oxygen atoms in total. The van der Waals surface area contributed by atoms with E-state index in [1.807, 2.05) is 0 Å². The van der Waals surface area contributed by atoms with E-state index < -0.39 is 11.8 Å². The Hall–Kier alpha value is -2.31. The molecule has 1 heterocycles. The summed E-state index contributed by atoms with van der Waals surface area (Å²) in [6.07, 6.45) is 1.36. The quantitative estimate of drug-likeness (QED) is 0.537. The average molecular weight is 224 g/mol. The first kappa shape index (κ1) is 11.8. The van der Waals surface area contributed by atoms with Gasteiger partial charge in [0.05, 0.1) is 0 Å². The van der Waals surface area contributed by atoms with Crippen molar-refractivity contribution in [2.75, 3.05) is 5.73 Å². The SMILES string of the molecule is CC(=O)NNC(=O)Cn1cc(N)ccc1=O. The largest absolute Gasteiger partial charge is 0.398 e. The number of nitrogen functional groups attached to an aromatic ring is 1. The summed E-state index contributed by atoms with van der Waals surface area (Å²) in [5.74, 6) is -0.906. The first-order chi connectivity index (χ1) is 7.49. The molecule has 1 aromatic rings. The smallest absolute Gasteiger partial charge is 0.258 e. The second kappa shape index (κ2) is 4.96. The molecule has 0 saturated heterocycles. The fourth-order valence-corrected chi connectivity index (χ4v) is 1.03. The van der Waals surface area contributed by atoms with Gasteiger partial charge in [0.25, 0.3) is 11.5 Å². The summed E-state index contributed by atoms with van der Waals surface area (Å²) in [5.41, 5.74) is 9.76. The molecule has 0 aliphatic carbocycles. The maximum Gasteiger partial charge on any atom is 0.258 e. The monoisotopic (exact) mass is 224 g/mol. The first-order valence-corrected chi connectivity index (χ1v) is 4.50. The molecule has 0 spiro atoms. The fraction of sp³-hybridized carbons (Fsp3) is 0.222. The van der Waals surface area contributed by atoms with E-state index in [1.54, 1.807) is 0 Å². The van der Waals surface area contributed by atoms with Crippen LogP contribution in [0.15, 0.2) is 23.1 Å². The van der Waals surface area contributed by atoms with Gasteiger partial charge < -0.3 is 10.3 Å². The lowest BCUT2D eigenvalue weighted by Crippen LogP contribution is -2.43. The summed E-state index contributed by atoms with van der Waals surface area (Å²) in [7, 11) is 0. The van der Waals surface area contributed by atoms with Crippen LogP contribution in [0, 0.1) is 0 Å². The molecule has 0 fully saturated rings. The molecule has 86 valence electrons. The number of aromatic nitrogens is 1. The molecule has 0 bridgehead atoms. The second-order valence-electron chi connectivity index (χ2n) is 3.16. The topological polar surface area (TPSA) is 106 Å². The minimum Gasteiger partial charge on any atom is -0.398 e. The van der Waals surface area contributed by atoms with Gasteiger partial charge in [0, 0.05) is 24.9 Å². The third kappa shape index (κ3) is 3.45. The number of anilines is 1. The molecule has 0 aliphatic heterocycles. The first-order valence-electron chi connectivity index (χ1n) is 4.50. The van der Waals surface area contributed by atoms with Crippen molar-refractivity contribution >= 4 is 17.5 Å². The Morgan fingerprint density at radius 1 is 1.38 bits per heavy atom. The van der Waals surface area contributed by atoms with E-state index in [0.717, 1.165) is 4.57 Å². The molecule has 16 heavy (non-hydrogen) atoms. The summed E-state index contributed by atoms with van der Waals surface area (Å²) in [4.78, 5) is 33.0. The minimum absolute atomic E-state index is 0.204. The summed E-state index contributed by atoms with van der Waals surface area (Å²) in [6.45, 7) is 1.05. The Balaban J connectivity index is 2.66. The molecule has 0 unspecified atom stereocenters. The maximum atomic E-state index is 11.3. The Labute approximate surface area is 91.2 Å². The van der Waals surface area contributed by atoms with Crippen LogP contribution in [0.25, 0.3) is 0 Å². The highest BCUT2D eigenvalue weighted by atomic mass is 16.2. The van der Waals surface area contributed by atoms with Crippen LogP contribution in [0.1, 0.15) is 6.92 Å². The third-order valence-corrected chi connectivity index (χ3v) is 1.70. The van der Waals surface area contributed by atoms with E-state index in [0.29, 0.717) is 5.69 Å². The predicted octanol–water partition coefficient (Wildman–Crippen LogP) is -1.40. The van der Waals surface area contributed by atoms with Crippen molar-refractivity contribution in [2.24, 2.45) is 0 Å². The Morgan fingerprint density at radius 2 is 2.06 bits per heavy atom. The molecule has 0 radical (unpaired) electrons. The van der Waals surface area contributed by atoms with Crippen molar-refractivity contribution < 1.29 is 9.59 Å². The molecule has 1 aromatic heterocycles. The molecule has 0 aliphatic rings. The van der Waals surface area contributed by atoms with Gasteiger partial charge in [0.15, 0.2) is 0 Å². The van der Waals surface area contributed by atoms with Gasteiger partial charge in [-0.1, -0.05) is 0 Å². The number of amides is 2. The van der Waals surface area contributed by atoms with Crippen LogP contribution in [0.5, 0.6) is 0 Å². The van der Waals surface area contributed by atoms with Gasteiger partial charge in [-0.25, -0.2) is 0 Å². The third-order valence-electron chi connectivity index (χ3n) is 1.70. The number of rotatable bonds is 2. The van der Waals surface area contributed by atoms with Gasteiger partial charge in [-0.3, -0.25) is 25.2 Å². The lowest BCUT2D eigenvalue weighted by molar-refractivity contribution is -0.128. The number of hydrogen-bond donors (Lipinski definition) is 3. The zero-order valence-corrected chi connectivity index (χ0v) is 8.69. The molecule has 1 rings (SSSR count). The van der Waals surface area contributed by atoms with Gasteiger partial charge in [0.2, 0.25) is 5.91 Å². The number of carbonyl (C=O) groups excluding carboxylic acids is 2. The Kier molecular flexibility index (Phi) is 3.65. The molecule has 0 atom stereocenters. The normalized spacial score (nSPS) is 9.56. The van der Waals surface area contributed by atoms with Crippen LogP contribution in [0.4, 0.5) is 5.69 Å². The van der Waals surface area contributed by atoms with E-state index in [2.05, 4.69) is 10.9 Å². The lowest BCUT2D eigenvalue weighted by atomic mass is 10.4. The standard InChI is InChI=1S/C9H12N4O3/c1-6(14)11-12-8(15)5-13-4-7(10)2-3-9(13)16/h2-4H,5,10H2,1H3,(H,11,14)(H,12,15). The molecular weight excluding hydrogens is 212 g/mol. The second-order valence-corrected chi connectivity index (χ2v) is 3.16. The molecule has 0 aromatic carbocycles. The summed E-state index contributed by atoms with van der Waals surface area (Å²) >= 11 is 0. The number of pyridine rings is 1. The Bertz CT molecular complexity index is 466. The van der Waals surface area contributed by atoms with Gasteiger partial charge >= 0.3 is 0 Å². The average Bonchev–Trinajstić information content (AvgIpc) is 2.20. The summed E-state index contributed by atoms with van der Waals surface area (Å²) < 4.78 is 1.15. The Morgan fingerprint density at radius 3 is 2.69 bits per heavy atom. The lowest BCUT2D eigenvalue weighted by Gasteiger charge is -2.07. The maximum absolute atomic E-state index is 11.3. The van der Waals surface area contributed by atoms with Crippen LogP contribution in [-0.4, -0.2) is 16.4 Å². The molecule has 4 N–H and O–H groups in total. The number of nitrogens with one attached hydrogen (secondary N) is 2. The van der Waals surface area contributed by atoms with Crippen LogP contribution < -0.4 is 22.1 Å².